The van der Waals surface area contributed by atoms with E-state index in [2.05, 4.69) is 9.59 Å². The van der Waals surface area contributed by atoms with Crippen molar-refractivity contribution in [3.8, 4) is 0 Å². The van der Waals surface area contributed by atoms with Gasteiger partial charge >= 0.3 is 0 Å². The molecule has 0 amide bonds. The molecule has 0 spiro atoms. The molecule has 0 bridgehead atoms. The second-order valence-corrected chi connectivity index (χ2v) is 2.47. The van der Waals surface area contributed by atoms with E-state index >= 15 is 0 Å². The summed E-state index contributed by atoms with van der Waals surface area (Å²) in [7, 11) is 0. The Morgan fingerprint density at radius 1 is 1.56 bits per heavy atom. The molecule has 1 rings (SSSR count). The third-order valence-corrected chi connectivity index (χ3v) is 1.54. The third kappa shape index (κ3) is 1.21. The van der Waals surface area contributed by atoms with Crippen LogP contribution < -0.4 is 0 Å². The molecule has 2 nitrogen and oxygen atoms in total. The summed E-state index contributed by atoms with van der Waals surface area (Å²) in [4.78, 5) is 0.491. The Balaban J connectivity index is 2.94. The molecule has 50 valence electrons. The van der Waals surface area contributed by atoms with E-state index < -0.39 is 6.43 Å². The van der Waals surface area contributed by atoms with Gasteiger partial charge in [0.2, 0.25) is 0 Å². The van der Waals surface area contributed by atoms with Gasteiger partial charge < -0.3 is 0 Å². The van der Waals surface area contributed by atoms with E-state index in [-0.39, 0.29) is 5.69 Å². The van der Waals surface area contributed by atoms with Crippen molar-refractivity contribution in [2.75, 3.05) is 0 Å². The minimum Gasteiger partial charge on any atom is -0.203 e. The molecule has 0 aromatic carbocycles. The fourth-order valence-corrected chi connectivity index (χ4v) is 0.915. The maximum absolute atomic E-state index is 11.8. The van der Waals surface area contributed by atoms with E-state index in [0.29, 0.717) is 4.88 Å². The third-order valence-electron chi connectivity index (χ3n) is 0.894. The van der Waals surface area contributed by atoms with Crippen LogP contribution in [0.5, 0.6) is 0 Å². The lowest BCUT2D eigenvalue weighted by Crippen LogP contribution is -1.85. The fraction of sp³-hybridized carbons (Fsp3) is 0.500. The maximum atomic E-state index is 11.8. The van der Waals surface area contributed by atoms with Gasteiger partial charge in [-0.25, -0.2) is 8.78 Å². The van der Waals surface area contributed by atoms with E-state index in [9.17, 15) is 8.78 Å². The zero-order valence-electron chi connectivity index (χ0n) is 4.64. The van der Waals surface area contributed by atoms with Gasteiger partial charge in [0, 0.05) is 0 Å². The van der Waals surface area contributed by atoms with Crippen LogP contribution in [-0.4, -0.2) is 9.59 Å². The zero-order valence-corrected chi connectivity index (χ0v) is 5.45. The molecule has 1 heterocycles. The number of halogens is 2. The Morgan fingerprint density at radius 2 is 2.22 bits per heavy atom. The van der Waals surface area contributed by atoms with Crippen LogP contribution in [0.4, 0.5) is 8.78 Å². The van der Waals surface area contributed by atoms with Crippen LogP contribution >= 0.6 is 11.5 Å². The maximum Gasteiger partial charge on any atom is 0.283 e. The van der Waals surface area contributed by atoms with Crippen molar-refractivity contribution in [1.82, 2.24) is 9.59 Å². The molecule has 1 aromatic heterocycles. The van der Waals surface area contributed by atoms with Gasteiger partial charge in [0.05, 0.1) is 4.88 Å². The molecule has 0 aliphatic carbocycles. The number of alkyl halides is 2. The highest BCUT2D eigenvalue weighted by Crippen LogP contribution is 2.21. The monoisotopic (exact) mass is 150 g/mol. The molecule has 0 radical (unpaired) electrons. The van der Waals surface area contributed by atoms with E-state index in [1.165, 1.54) is 0 Å². The predicted molar refractivity (Wildman–Crippen MR) is 29.6 cm³/mol. The summed E-state index contributed by atoms with van der Waals surface area (Å²) >= 11 is 0.992. The molecule has 1 aromatic rings. The lowest BCUT2D eigenvalue weighted by molar-refractivity contribution is 0.145. The summed E-state index contributed by atoms with van der Waals surface area (Å²) in [5.74, 6) is 0. The van der Waals surface area contributed by atoms with Crippen molar-refractivity contribution in [1.29, 1.82) is 0 Å². The van der Waals surface area contributed by atoms with Crippen molar-refractivity contribution < 1.29 is 8.78 Å². The Morgan fingerprint density at radius 3 is 2.44 bits per heavy atom. The molecule has 0 aliphatic heterocycles. The molecule has 0 aliphatic rings. The van der Waals surface area contributed by atoms with Crippen molar-refractivity contribution in [2.45, 2.75) is 13.3 Å². The summed E-state index contributed by atoms with van der Waals surface area (Å²) < 4.78 is 26.9. The van der Waals surface area contributed by atoms with Crippen molar-refractivity contribution in [3.05, 3.63) is 10.6 Å². The predicted octanol–water partition coefficient (Wildman–Crippen LogP) is 1.78. The number of hydrogen-bond donors (Lipinski definition) is 0. The van der Waals surface area contributed by atoms with E-state index in [1.54, 1.807) is 6.92 Å². The highest BCUT2D eigenvalue weighted by atomic mass is 32.1. The number of aromatic nitrogens is 2. The van der Waals surface area contributed by atoms with Gasteiger partial charge in [0.1, 0.15) is 5.69 Å². The van der Waals surface area contributed by atoms with Crippen LogP contribution in [0.3, 0.4) is 0 Å². The number of aryl methyl sites for hydroxylation is 1. The molecule has 0 saturated heterocycles. The second kappa shape index (κ2) is 2.34. The average molecular weight is 150 g/mol. The molecule has 0 N–H and O–H groups in total. The number of nitrogens with zero attached hydrogens (tertiary/aromatic N) is 2. The fourth-order valence-electron chi connectivity index (χ4n) is 0.440. The Labute approximate surface area is 54.7 Å². The smallest absolute Gasteiger partial charge is 0.203 e. The average Bonchev–Trinajstić information content (AvgIpc) is 2.13. The first kappa shape index (κ1) is 6.54. The lowest BCUT2D eigenvalue weighted by Gasteiger charge is -1.89. The van der Waals surface area contributed by atoms with Crippen molar-refractivity contribution >= 4 is 11.5 Å². The SMILES string of the molecule is Cc1snnc1C(F)F. The van der Waals surface area contributed by atoms with Gasteiger partial charge in [-0.1, -0.05) is 4.49 Å². The van der Waals surface area contributed by atoms with E-state index in [4.69, 9.17) is 0 Å². The Hall–Kier alpha value is -0.580. The number of rotatable bonds is 1. The van der Waals surface area contributed by atoms with Gasteiger partial charge in [-0.05, 0) is 18.5 Å². The van der Waals surface area contributed by atoms with Crippen LogP contribution in [0, 0.1) is 6.92 Å². The Kier molecular flexibility index (Phi) is 1.70. The van der Waals surface area contributed by atoms with Crippen LogP contribution in [0.2, 0.25) is 0 Å². The summed E-state index contributed by atoms with van der Waals surface area (Å²) in [5, 5.41) is 3.23. The highest BCUT2D eigenvalue weighted by molar-refractivity contribution is 7.05. The molecule has 0 fully saturated rings. The van der Waals surface area contributed by atoms with Gasteiger partial charge in [-0.3, -0.25) is 0 Å². The zero-order chi connectivity index (χ0) is 6.85. The van der Waals surface area contributed by atoms with Crippen molar-refractivity contribution in [2.24, 2.45) is 0 Å². The molecular formula is C4H4F2N2S. The van der Waals surface area contributed by atoms with Crippen LogP contribution in [0.1, 0.15) is 17.0 Å². The molecule has 0 saturated carbocycles. The first-order chi connectivity index (χ1) is 4.22. The van der Waals surface area contributed by atoms with E-state index in [0.717, 1.165) is 11.5 Å². The van der Waals surface area contributed by atoms with Crippen molar-refractivity contribution in [3.63, 3.8) is 0 Å². The minimum absolute atomic E-state index is 0.194. The summed E-state index contributed by atoms with van der Waals surface area (Å²) in [6, 6.07) is 0. The van der Waals surface area contributed by atoms with Crippen LogP contribution in [0.25, 0.3) is 0 Å². The van der Waals surface area contributed by atoms with E-state index in [1.807, 2.05) is 0 Å². The normalized spacial score (nSPS) is 10.7. The summed E-state index contributed by atoms with van der Waals surface area (Å²) in [6.45, 7) is 1.58. The first-order valence-electron chi connectivity index (χ1n) is 2.29. The van der Waals surface area contributed by atoms with Gasteiger partial charge in [0.15, 0.2) is 0 Å². The molecule has 9 heavy (non-hydrogen) atoms. The summed E-state index contributed by atoms with van der Waals surface area (Å²) in [5.41, 5.74) is -0.194. The number of hydrogen-bond acceptors (Lipinski definition) is 3. The standard InChI is InChI=1S/C4H4F2N2S/c1-2-3(4(5)6)7-8-9-2/h4H,1H3. The quantitative estimate of drug-likeness (QED) is 0.609. The summed E-state index contributed by atoms with van der Waals surface area (Å²) in [6.07, 6.45) is -2.48. The Bertz CT molecular complexity index is 198. The van der Waals surface area contributed by atoms with Gasteiger partial charge in [-0.15, -0.1) is 5.10 Å². The van der Waals surface area contributed by atoms with Crippen LogP contribution in [-0.2, 0) is 0 Å². The second-order valence-electron chi connectivity index (χ2n) is 1.52. The lowest BCUT2D eigenvalue weighted by atomic mass is 10.4. The largest absolute Gasteiger partial charge is 0.283 e. The van der Waals surface area contributed by atoms with Gasteiger partial charge in [-0.2, -0.15) is 0 Å². The molecule has 0 unspecified atom stereocenters. The minimum atomic E-state index is -2.48. The topological polar surface area (TPSA) is 25.8 Å². The molecular weight excluding hydrogens is 146 g/mol. The highest BCUT2D eigenvalue weighted by Gasteiger charge is 2.13. The van der Waals surface area contributed by atoms with Gasteiger partial charge in [0.25, 0.3) is 6.43 Å². The van der Waals surface area contributed by atoms with Crippen LogP contribution in [0.15, 0.2) is 0 Å². The molecule has 5 heteroatoms. The first-order valence-corrected chi connectivity index (χ1v) is 3.06. The molecule has 0 atom stereocenters.